The van der Waals surface area contributed by atoms with Gasteiger partial charge in [-0.05, 0) is 50.7 Å². The molecule has 2 saturated heterocycles. The van der Waals surface area contributed by atoms with Crippen LogP contribution in [0.4, 0.5) is 8.78 Å². The van der Waals surface area contributed by atoms with Gasteiger partial charge in [0.05, 0.1) is 29.6 Å². The summed E-state index contributed by atoms with van der Waals surface area (Å²) in [5, 5.41) is 5.47. The van der Waals surface area contributed by atoms with Crippen LogP contribution in [0.5, 0.6) is 11.8 Å². The lowest BCUT2D eigenvalue weighted by atomic mass is 10.1. The quantitative estimate of drug-likeness (QED) is 0.157. The maximum absolute atomic E-state index is 13.8. The number of piperidine rings is 2. The number of fused-ring (bicyclic) bond motifs is 2. The van der Waals surface area contributed by atoms with Crippen LogP contribution in [0.15, 0.2) is 50.1 Å². The Bertz CT molecular complexity index is 2170. The lowest BCUT2D eigenvalue weighted by Gasteiger charge is -2.31. The summed E-state index contributed by atoms with van der Waals surface area (Å²) in [6, 6.07) is -1.01. The van der Waals surface area contributed by atoms with Gasteiger partial charge in [0.2, 0.25) is 23.6 Å². The van der Waals surface area contributed by atoms with Crippen LogP contribution in [0.1, 0.15) is 85.4 Å². The number of halogens is 2. The van der Waals surface area contributed by atoms with Crippen molar-refractivity contribution in [2.75, 3.05) is 26.2 Å². The van der Waals surface area contributed by atoms with Gasteiger partial charge in [-0.1, -0.05) is 13.2 Å². The number of aromatic amines is 2. The molecule has 4 amide bonds. The van der Waals surface area contributed by atoms with Gasteiger partial charge in [0.1, 0.15) is 23.2 Å². The third-order valence-corrected chi connectivity index (χ3v) is 11.1. The highest BCUT2D eigenvalue weighted by Crippen LogP contribution is 2.35. The second-order valence-electron chi connectivity index (χ2n) is 15.2. The van der Waals surface area contributed by atoms with E-state index in [1.54, 1.807) is 22.2 Å². The summed E-state index contributed by atoms with van der Waals surface area (Å²) in [6.07, 6.45) is 14.0. The van der Waals surface area contributed by atoms with Crippen LogP contribution in [-0.2, 0) is 9.59 Å². The van der Waals surface area contributed by atoms with Crippen molar-refractivity contribution < 1.29 is 37.4 Å². The van der Waals surface area contributed by atoms with Gasteiger partial charge in [0.25, 0.3) is 17.7 Å². The Kier molecular flexibility index (Phi) is 12.0. The molecule has 0 radical (unpaired) electrons. The molecule has 2 atom stereocenters. The number of likely N-dealkylation sites (tertiary alicyclic amines) is 2. The Hall–Kier alpha value is -5.94. The summed E-state index contributed by atoms with van der Waals surface area (Å²) in [5.41, 5.74) is 2.34. The van der Waals surface area contributed by atoms with Gasteiger partial charge in [-0.25, -0.2) is 28.7 Å². The third kappa shape index (κ3) is 9.26. The first kappa shape index (κ1) is 40.3. The first-order valence-corrected chi connectivity index (χ1v) is 19.8. The van der Waals surface area contributed by atoms with Gasteiger partial charge in [0.15, 0.2) is 11.3 Å². The Labute approximate surface area is 333 Å². The normalized spacial score (nSPS) is 20.2. The number of hydrogen-bond acceptors (Lipinski definition) is 10. The zero-order chi connectivity index (χ0) is 41.0. The third-order valence-electron chi connectivity index (χ3n) is 11.1. The first-order chi connectivity index (χ1) is 27.9. The minimum atomic E-state index is -2.90. The van der Waals surface area contributed by atoms with E-state index >= 15 is 0 Å². The molecule has 6 heterocycles. The SMILES string of the molecule is C=CC(=O)N1CCC(Oc2cnc3[nH]cc(C(=O)NC(C)C4CC4)c3n2)CC1.C=CC(=O)N1CCC(Oc2cnc3[nH]cc(C(=O)NC4CCCC4(F)F)c3n2)CC1. The molecule has 2 aliphatic carbocycles. The first-order valence-electron chi connectivity index (χ1n) is 19.8. The molecule has 0 bridgehead atoms. The summed E-state index contributed by atoms with van der Waals surface area (Å²) >= 11 is 0. The van der Waals surface area contributed by atoms with E-state index in [0.29, 0.717) is 79.6 Å². The second kappa shape index (κ2) is 17.3. The van der Waals surface area contributed by atoms with Gasteiger partial charge >= 0.3 is 0 Å². The van der Waals surface area contributed by atoms with Crippen LogP contribution in [0.2, 0.25) is 0 Å². The van der Waals surface area contributed by atoms with E-state index in [2.05, 4.69) is 53.7 Å². The maximum Gasteiger partial charge on any atom is 0.267 e. The van der Waals surface area contributed by atoms with Crippen LogP contribution in [0.3, 0.4) is 0 Å². The van der Waals surface area contributed by atoms with Crippen molar-refractivity contribution in [2.24, 2.45) is 5.92 Å². The molecule has 4 fully saturated rings. The monoisotopic (exact) mass is 802 g/mol. The Morgan fingerprint density at radius 3 is 1.71 bits per heavy atom. The number of carbonyl (C=O) groups excluding carboxylic acids is 4. The average molecular weight is 803 g/mol. The minimum Gasteiger partial charge on any atom is -0.473 e. The van der Waals surface area contributed by atoms with Crippen molar-refractivity contribution in [1.29, 1.82) is 0 Å². The fourth-order valence-electron chi connectivity index (χ4n) is 7.54. The number of aromatic nitrogens is 6. The molecule has 0 aromatic carbocycles. The molecule has 8 rings (SSSR count). The summed E-state index contributed by atoms with van der Waals surface area (Å²) < 4.78 is 39.6. The fourth-order valence-corrected chi connectivity index (χ4v) is 7.54. The largest absolute Gasteiger partial charge is 0.473 e. The fraction of sp³-hybridized carbons (Fsp3) is 0.500. The molecule has 18 heteroatoms. The number of amides is 4. The van der Waals surface area contributed by atoms with Crippen LogP contribution in [-0.4, -0.2) is 120 Å². The van der Waals surface area contributed by atoms with Crippen LogP contribution in [0, 0.1) is 5.92 Å². The smallest absolute Gasteiger partial charge is 0.267 e. The van der Waals surface area contributed by atoms with E-state index in [1.807, 2.05) is 6.92 Å². The minimum absolute atomic E-state index is 0.0354. The molecule has 16 nitrogen and oxygen atoms in total. The Morgan fingerprint density at radius 2 is 1.28 bits per heavy atom. The van der Waals surface area contributed by atoms with E-state index in [-0.39, 0.29) is 65.8 Å². The van der Waals surface area contributed by atoms with Crippen molar-refractivity contribution in [3.63, 3.8) is 0 Å². The Balaban J connectivity index is 0.000000177. The molecule has 4 aromatic heterocycles. The number of hydrogen-bond donors (Lipinski definition) is 4. The number of nitrogens with zero attached hydrogens (tertiary/aromatic N) is 6. The lowest BCUT2D eigenvalue weighted by Crippen LogP contribution is -2.43. The van der Waals surface area contributed by atoms with Gasteiger partial charge in [-0.3, -0.25) is 19.2 Å². The van der Waals surface area contributed by atoms with Gasteiger partial charge < -0.3 is 39.9 Å². The number of ether oxygens (including phenoxy) is 2. The predicted molar refractivity (Wildman–Crippen MR) is 208 cm³/mol. The zero-order valence-electron chi connectivity index (χ0n) is 32.3. The van der Waals surface area contributed by atoms with Crippen molar-refractivity contribution in [1.82, 2.24) is 50.3 Å². The van der Waals surface area contributed by atoms with Gasteiger partial charge in [-0.15, -0.1) is 0 Å². The Morgan fingerprint density at radius 1 is 0.793 bits per heavy atom. The zero-order valence-corrected chi connectivity index (χ0v) is 32.3. The molecule has 2 aliphatic heterocycles. The van der Waals surface area contributed by atoms with Crippen molar-refractivity contribution >= 4 is 46.0 Å². The molecule has 4 aliphatic rings. The number of carbonyl (C=O) groups is 4. The van der Waals surface area contributed by atoms with Crippen molar-refractivity contribution in [3.05, 3.63) is 61.2 Å². The molecule has 2 saturated carbocycles. The van der Waals surface area contributed by atoms with E-state index in [9.17, 15) is 28.0 Å². The number of H-pyrrole nitrogens is 2. The van der Waals surface area contributed by atoms with Gasteiger partial charge in [-0.2, -0.15) is 0 Å². The average Bonchev–Trinajstić information content (AvgIpc) is 3.74. The molecule has 2 unspecified atom stereocenters. The maximum atomic E-state index is 13.8. The standard InChI is InChI=1S/C20H23F2N5O3.C20H25N5O3/c1-2-16(28)27-8-5-12(6-9-27)30-15-11-24-18-17(26-15)13(10-23-18)19(29)25-14-4-3-7-20(14,21)22;1-3-17(26)25-8-6-14(7-9-25)28-16-11-22-19-18(24-16)15(10-21-19)20(27)23-12(2)13-4-5-13/h2,10-12,14H,1,3-9H2,(H,23,24)(H,25,29);3,10-14H,1,4-9H2,2H3,(H,21,22)(H,23,27). The molecule has 308 valence electrons. The van der Waals surface area contributed by atoms with Crippen molar-refractivity contribution in [2.45, 2.75) is 94.9 Å². The topological polar surface area (TPSA) is 200 Å². The summed E-state index contributed by atoms with van der Waals surface area (Å²) in [7, 11) is 0. The van der Waals surface area contributed by atoms with Crippen LogP contribution >= 0.6 is 0 Å². The molecular formula is C40H48F2N10O6. The summed E-state index contributed by atoms with van der Waals surface area (Å²) in [5.74, 6) is -2.60. The van der Waals surface area contributed by atoms with Crippen LogP contribution in [0.25, 0.3) is 22.3 Å². The molecule has 4 aromatic rings. The van der Waals surface area contributed by atoms with Gasteiger partial charge in [0, 0.05) is 76.7 Å². The van der Waals surface area contributed by atoms with Crippen molar-refractivity contribution in [3.8, 4) is 11.8 Å². The number of alkyl halides is 2. The highest BCUT2D eigenvalue weighted by molar-refractivity contribution is 6.05. The summed E-state index contributed by atoms with van der Waals surface area (Å²) in [4.78, 5) is 75.3. The number of rotatable bonds is 11. The predicted octanol–water partition coefficient (Wildman–Crippen LogP) is 4.47. The molecule has 58 heavy (non-hydrogen) atoms. The highest BCUT2D eigenvalue weighted by atomic mass is 19.3. The lowest BCUT2D eigenvalue weighted by molar-refractivity contribution is -0.128. The molecule has 4 N–H and O–H groups in total. The van der Waals surface area contributed by atoms with E-state index < -0.39 is 17.9 Å². The molecule has 0 spiro atoms. The van der Waals surface area contributed by atoms with E-state index in [0.717, 1.165) is 12.8 Å². The van der Waals surface area contributed by atoms with E-state index in [4.69, 9.17) is 9.47 Å². The van der Waals surface area contributed by atoms with Crippen LogP contribution < -0.4 is 20.1 Å². The van der Waals surface area contributed by atoms with E-state index in [1.165, 1.54) is 37.4 Å². The second-order valence-corrected chi connectivity index (χ2v) is 15.2. The number of nitrogens with one attached hydrogen (secondary N) is 4. The summed E-state index contributed by atoms with van der Waals surface area (Å²) in [6.45, 7) is 11.4. The highest BCUT2D eigenvalue weighted by Gasteiger charge is 2.45. The molecular weight excluding hydrogens is 754 g/mol.